The molecule has 0 saturated heterocycles. The largest absolute Gasteiger partial charge is 0.406 e. The third-order valence-electron chi connectivity index (χ3n) is 2.16. The average molecular weight is 219 g/mol. The van der Waals surface area contributed by atoms with Gasteiger partial charge >= 0.3 is 5.97 Å². The van der Waals surface area contributed by atoms with Crippen LogP contribution in [0.5, 0.6) is 5.88 Å². The van der Waals surface area contributed by atoms with Gasteiger partial charge in [-0.25, -0.2) is 0 Å². The van der Waals surface area contributed by atoms with Crippen LogP contribution in [0.3, 0.4) is 0 Å². The monoisotopic (exact) mass is 219 g/mol. The van der Waals surface area contributed by atoms with Gasteiger partial charge in [0.25, 0.3) is 0 Å². The Kier molecular flexibility index (Phi) is 2.76. The van der Waals surface area contributed by atoms with Gasteiger partial charge in [-0.05, 0) is 18.6 Å². The van der Waals surface area contributed by atoms with Crippen molar-refractivity contribution in [2.45, 2.75) is 19.8 Å². The van der Waals surface area contributed by atoms with E-state index in [0.29, 0.717) is 17.8 Å². The van der Waals surface area contributed by atoms with E-state index < -0.39 is 0 Å². The lowest BCUT2D eigenvalue weighted by molar-refractivity contribution is -0.134. The zero-order valence-electron chi connectivity index (χ0n) is 9.01. The summed E-state index contributed by atoms with van der Waals surface area (Å²) >= 11 is 0. The highest BCUT2D eigenvalue weighted by Gasteiger charge is 2.08. The predicted molar refractivity (Wildman–Crippen MR) is 60.1 cm³/mol. The number of ether oxygens (including phenoxy) is 1. The maximum atomic E-state index is 11.3. The van der Waals surface area contributed by atoms with Gasteiger partial charge in [0.15, 0.2) is 5.65 Å². The number of nitrogens with zero attached hydrogens (tertiary/aromatic N) is 2. The van der Waals surface area contributed by atoms with Gasteiger partial charge in [0.2, 0.25) is 5.88 Å². The Bertz CT molecular complexity index is 519. The molecule has 0 aromatic carbocycles. The normalized spacial score (nSPS) is 10.6. The van der Waals surface area contributed by atoms with Crippen molar-refractivity contribution in [3.05, 3.63) is 24.5 Å². The number of imidazole rings is 1. The van der Waals surface area contributed by atoms with Gasteiger partial charge in [-0.15, -0.1) is 0 Å². The van der Waals surface area contributed by atoms with E-state index >= 15 is 0 Å². The number of carbonyl (C=O) groups excluding carboxylic acids is 1. The molecule has 84 valence electrons. The number of nitrogens with two attached hydrogens (primary N) is 1. The Morgan fingerprint density at radius 3 is 3.12 bits per heavy atom. The van der Waals surface area contributed by atoms with Crippen molar-refractivity contribution in [1.29, 1.82) is 0 Å². The number of nitrogen functional groups attached to an aromatic ring is 1. The molecule has 0 unspecified atom stereocenters. The van der Waals surface area contributed by atoms with Gasteiger partial charge in [-0.3, -0.25) is 4.79 Å². The summed E-state index contributed by atoms with van der Waals surface area (Å²) < 4.78 is 6.79. The van der Waals surface area contributed by atoms with E-state index in [4.69, 9.17) is 10.5 Å². The Hall–Kier alpha value is -2.04. The van der Waals surface area contributed by atoms with Gasteiger partial charge in [0.05, 0.1) is 11.9 Å². The molecule has 16 heavy (non-hydrogen) atoms. The van der Waals surface area contributed by atoms with Crippen LogP contribution in [-0.2, 0) is 4.79 Å². The molecular formula is C11H13N3O2. The van der Waals surface area contributed by atoms with Crippen LogP contribution in [0.2, 0.25) is 0 Å². The number of aromatic nitrogens is 2. The standard InChI is InChI=1S/C11H13N3O2/c1-2-4-10(15)16-9-7-14-6-3-5-8(12)11(14)13-9/h3,5-7H,2,4,12H2,1H3. The van der Waals surface area contributed by atoms with Crippen LogP contribution in [0.25, 0.3) is 5.65 Å². The fourth-order valence-corrected chi connectivity index (χ4v) is 1.43. The van der Waals surface area contributed by atoms with Crippen LogP contribution in [0.15, 0.2) is 24.5 Å². The summed E-state index contributed by atoms with van der Waals surface area (Å²) in [6, 6.07) is 3.56. The number of carbonyl (C=O) groups is 1. The Balaban J connectivity index is 2.26. The zero-order valence-corrected chi connectivity index (χ0v) is 9.01. The summed E-state index contributed by atoms with van der Waals surface area (Å²) in [5.41, 5.74) is 6.89. The first kappa shape index (κ1) is 10.5. The smallest absolute Gasteiger partial charge is 0.312 e. The average Bonchev–Trinajstić information content (AvgIpc) is 2.62. The van der Waals surface area contributed by atoms with Crippen molar-refractivity contribution in [3.63, 3.8) is 0 Å². The lowest BCUT2D eigenvalue weighted by atomic mass is 10.3. The van der Waals surface area contributed by atoms with Crippen LogP contribution in [-0.4, -0.2) is 15.4 Å². The second-order valence-corrected chi connectivity index (χ2v) is 3.50. The quantitative estimate of drug-likeness (QED) is 0.796. The van der Waals surface area contributed by atoms with Crippen LogP contribution >= 0.6 is 0 Å². The van der Waals surface area contributed by atoms with Crippen molar-refractivity contribution < 1.29 is 9.53 Å². The molecule has 2 aromatic heterocycles. The Morgan fingerprint density at radius 2 is 2.44 bits per heavy atom. The lowest BCUT2D eigenvalue weighted by Gasteiger charge is -1.96. The molecule has 0 aliphatic heterocycles. The van der Waals surface area contributed by atoms with Crippen molar-refractivity contribution in [3.8, 4) is 5.88 Å². The molecule has 0 radical (unpaired) electrons. The van der Waals surface area contributed by atoms with Gasteiger partial charge in [0, 0.05) is 12.6 Å². The molecule has 0 spiro atoms. The molecule has 0 atom stereocenters. The molecule has 2 heterocycles. The topological polar surface area (TPSA) is 69.6 Å². The number of fused-ring (bicyclic) bond motifs is 1. The number of hydrogen-bond acceptors (Lipinski definition) is 4. The van der Waals surface area contributed by atoms with Gasteiger partial charge in [-0.2, -0.15) is 4.98 Å². The zero-order chi connectivity index (χ0) is 11.5. The summed E-state index contributed by atoms with van der Waals surface area (Å²) in [5, 5.41) is 0. The van der Waals surface area contributed by atoms with E-state index in [2.05, 4.69) is 4.98 Å². The summed E-state index contributed by atoms with van der Waals surface area (Å²) in [6.45, 7) is 1.92. The van der Waals surface area contributed by atoms with Crippen molar-refractivity contribution >= 4 is 17.3 Å². The van der Waals surface area contributed by atoms with Crippen LogP contribution in [0.4, 0.5) is 5.69 Å². The fraction of sp³-hybridized carbons (Fsp3) is 0.273. The molecule has 2 aromatic rings. The first-order valence-corrected chi connectivity index (χ1v) is 5.14. The van der Waals surface area contributed by atoms with E-state index in [1.54, 1.807) is 22.9 Å². The molecule has 2 N–H and O–H groups in total. The van der Waals surface area contributed by atoms with Crippen molar-refractivity contribution in [2.75, 3.05) is 5.73 Å². The summed E-state index contributed by atoms with van der Waals surface area (Å²) in [5.74, 6) is 0.0147. The molecule has 2 rings (SSSR count). The molecule has 5 heteroatoms. The summed E-state index contributed by atoms with van der Waals surface area (Å²) in [4.78, 5) is 15.4. The van der Waals surface area contributed by atoms with Gasteiger partial charge < -0.3 is 14.9 Å². The molecule has 0 bridgehead atoms. The molecule has 0 aliphatic rings. The Labute approximate surface area is 92.8 Å². The number of rotatable bonds is 3. The van der Waals surface area contributed by atoms with E-state index in [1.807, 2.05) is 13.0 Å². The predicted octanol–water partition coefficient (Wildman–Crippen LogP) is 1.62. The molecule has 0 aliphatic carbocycles. The van der Waals surface area contributed by atoms with Crippen molar-refractivity contribution in [2.24, 2.45) is 0 Å². The second-order valence-electron chi connectivity index (χ2n) is 3.50. The number of hydrogen-bond donors (Lipinski definition) is 1. The highest BCUT2D eigenvalue weighted by molar-refractivity contribution is 5.72. The molecule has 0 amide bonds. The molecule has 0 fully saturated rings. The Morgan fingerprint density at radius 1 is 1.62 bits per heavy atom. The van der Waals surface area contributed by atoms with E-state index in [0.717, 1.165) is 6.42 Å². The first-order chi connectivity index (χ1) is 7.70. The third kappa shape index (κ3) is 1.98. The molecular weight excluding hydrogens is 206 g/mol. The van der Waals surface area contributed by atoms with E-state index in [9.17, 15) is 4.79 Å². The number of pyridine rings is 1. The highest BCUT2D eigenvalue weighted by Crippen LogP contribution is 2.17. The van der Waals surface area contributed by atoms with Gasteiger partial charge in [-0.1, -0.05) is 6.92 Å². The number of esters is 1. The minimum Gasteiger partial charge on any atom is -0.406 e. The molecule has 0 saturated carbocycles. The summed E-state index contributed by atoms with van der Waals surface area (Å²) in [7, 11) is 0. The summed E-state index contributed by atoms with van der Waals surface area (Å²) in [6.07, 6.45) is 4.59. The van der Waals surface area contributed by atoms with E-state index in [-0.39, 0.29) is 11.8 Å². The highest BCUT2D eigenvalue weighted by atomic mass is 16.5. The van der Waals surface area contributed by atoms with Crippen LogP contribution in [0.1, 0.15) is 19.8 Å². The lowest BCUT2D eigenvalue weighted by Crippen LogP contribution is -2.06. The SMILES string of the molecule is CCCC(=O)Oc1cn2cccc(N)c2n1. The van der Waals surface area contributed by atoms with Crippen LogP contribution in [0, 0.1) is 0 Å². The maximum absolute atomic E-state index is 11.3. The molecule has 5 nitrogen and oxygen atoms in total. The second kappa shape index (κ2) is 4.22. The first-order valence-electron chi connectivity index (χ1n) is 5.14. The minimum absolute atomic E-state index is 0.274. The van der Waals surface area contributed by atoms with Crippen LogP contribution < -0.4 is 10.5 Å². The third-order valence-corrected chi connectivity index (χ3v) is 2.16. The van der Waals surface area contributed by atoms with Crippen molar-refractivity contribution in [1.82, 2.24) is 9.38 Å². The fourth-order valence-electron chi connectivity index (χ4n) is 1.43. The minimum atomic E-state index is -0.274. The van der Waals surface area contributed by atoms with Gasteiger partial charge in [0.1, 0.15) is 0 Å². The number of anilines is 1. The maximum Gasteiger partial charge on any atom is 0.312 e. The van der Waals surface area contributed by atoms with E-state index in [1.165, 1.54) is 0 Å².